The minimum Gasteiger partial charge on any atom is -0.378 e. The lowest BCUT2D eigenvalue weighted by molar-refractivity contribution is -0.0394. The average molecular weight is 257 g/mol. The van der Waals surface area contributed by atoms with Gasteiger partial charge in [0.15, 0.2) is 0 Å². The van der Waals surface area contributed by atoms with Crippen LogP contribution >= 0.6 is 0 Å². The zero-order valence-electron chi connectivity index (χ0n) is 13.1. The van der Waals surface area contributed by atoms with Crippen LogP contribution < -0.4 is 5.73 Å². The Hall–Kier alpha value is -0.0800. The van der Waals surface area contributed by atoms with Crippen LogP contribution in [0.5, 0.6) is 0 Å². The molecule has 0 aliphatic rings. The van der Waals surface area contributed by atoms with E-state index >= 15 is 0 Å². The van der Waals surface area contributed by atoms with Crippen molar-refractivity contribution in [1.29, 1.82) is 0 Å². The first-order valence-corrected chi connectivity index (χ1v) is 7.94. The molecule has 1 unspecified atom stereocenters. The Morgan fingerprint density at radius 1 is 0.944 bits per heavy atom. The fourth-order valence-electron chi connectivity index (χ4n) is 2.66. The third-order valence-corrected chi connectivity index (χ3v) is 3.97. The Bertz CT molecular complexity index is 174. The SMILES string of the molecule is CCCCC(N)CC(CCCC)(CCCC)OC. The molecule has 0 aromatic carbocycles. The van der Waals surface area contributed by atoms with Crippen molar-refractivity contribution in [3.63, 3.8) is 0 Å². The molecule has 0 spiro atoms. The lowest BCUT2D eigenvalue weighted by Gasteiger charge is -2.35. The highest BCUT2D eigenvalue weighted by molar-refractivity contribution is 4.85. The van der Waals surface area contributed by atoms with Crippen molar-refractivity contribution >= 4 is 0 Å². The molecule has 0 bridgehead atoms. The standard InChI is InChI=1S/C16H35NO/c1-5-8-11-15(17)14-16(18-4,12-9-6-2)13-10-7-3/h15H,5-14,17H2,1-4H3. The molecule has 0 saturated heterocycles. The van der Waals surface area contributed by atoms with Gasteiger partial charge in [-0.2, -0.15) is 0 Å². The van der Waals surface area contributed by atoms with E-state index in [4.69, 9.17) is 10.5 Å². The number of unbranched alkanes of at least 4 members (excludes halogenated alkanes) is 3. The van der Waals surface area contributed by atoms with Crippen LogP contribution in [0.4, 0.5) is 0 Å². The first-order chi connectivity index (χ1) is 8.64. The van der Waals surface area contributed by atoms with Gasteiger partial charge in [-0.15, -0.1) is 0 Å². The zero-order valence-corrected chi connectivity index (χ0v) is 13.1. The fraction of sp³-hybridized carbons (Fsp3) is 1.00. The van der Waals surface area contributed by atoms with Crippen LogP contribution in [0.25, 0.3) is 0 Å². The van der Waals surface area contributed by atoms with E-state index < -0.39 is 0 Å². The Balaban J connectivity index is 4.39. The molecular formula is C16H35NO. The highest BCUT2D eigenvalue weighted by Gasteiger charge is 2.30. The van der Waals surface area contributed by atoms with Gasteiger partial charge in [-0.05, 0) is 25.7 Å². The average Bonchev–Trinajstić information content (AvgIpc) is 2.39. The Morgan fingerprint density at radius 3 is 1.83 bits per heavy atom. The largest absolute Gasteiger partial charge is 0.378 e. The molecular weight excluding hydrogens is 222 g/mol. The Morgan fingerprint density at radius 2 is 1.44 bits per heavy atom. The molecule has 0 radical (unpaired) electrons. The minimum atomic E-state index is 0.0409. The van der Waals surface area contributed by atoms with Gasteiger partial charge >= 0.3 is 0 Å². The van der Waals surface area contributed by atoms with Crippen molar-refractivity contribution in [3.8, 4) is 0 Å². The second-order valence-electron chi connectivity index (χ2n) is 5.70. The summed E-state index contributed by atoms with van der Waals surface area (Å²) in [6, 6.07) is 0.304. The summed E-state index contributed by atoms with van der Waals surface area (Å²) in [5.41, 5.74) is 6.33. The minimum absolute atomic E-state index is 0.0409. The molecule has 0 aliphatic heterocycles. The molecule has 18 heavy (non-hydrogen) atoms. The summed E-state index contributed by atoms with van der Waals surface area (Å²) in [4.78, 5) is 0. The maximum absolute atomic E-state index is 6.28. The maximum atomic E-state index is 6.28. The molecule has 0 aromatic heterocycles. The van der Waals surface area contributed by atoms with Gasteiger partial charge in [0.05, 0.1) is 5.60 Å². The van der Waals surface area contributed by atoms with E-state index in [-0.39, 0.29) is 5.60 Å². The van der Waals surface area contributed by atoms with Crippen LogP contribution in [-0.2, 0) is 4.74 Å². The van der Waals surface area contributed by atoms with E-state index in [2.05, 4.69) is 20.8 Å². The van der Waals surface area contributed by atoms with Crippen molar-refractivity contribution in [2.45, 2.75) is 96.6 Å². The van der Waals surface area contributed by atoms with Gasteiger partial charge in [0.25, 0.3) is 0 Å². The summed E-state index contributed by atoms with van der Waals surface area (Å²) in [6.07, 6.45) is 11.9. The van der Waals surface area contributed by atoms with E-state index in [9.17, 15) is 0 Å². The second kappa shape index (κ2) is 10.8. The zero-order chi connectivity index (χ0) is 13.9. The molecule has 0 amide bonds. The van der Waals surface area contributed by atoms with E-state index in [1.54, 1.807) is 0 Å². The van der Waals surface area contributed by atoms with E-state index in [1.165, 1.54) is 51.4 Å². The Kier molecular flexibility index (Phi) is 10.8. The lowest BCUT2D eigenvalue weighted by Crippen LogP contribution is -2.39. The van der Waals surface area contributed by atoms with Gasteiger partial charge in [-0.1, -0.05) is 59.3 Å². The van der Waals surface area contributed by atoms with Crippen LogP contribution in [0.3, 0.4) is 0 Å². The monoisotopic (exact) mass is 257 g/mol. The number of methoxy groups -OCH3 is 1. The molecule has 110 valence electrons. The van der Waals surface area contributed by atoms with Gasteiger partial charge in [-0.25, -0.2) is 0 Å². The normalized spacial score (nSPS) is 13.8. The molecule has 2 nitrogen and oxygen atoms in total. The van der Waals surface area contributed by atoms with Crippen LogP contribution in [0.2, 0.25) is 0 Å². The molecule has 0 heterocycles. The number of ether oxygens (including phenoxy) is 1. The number of nitrogens with two attached hydrogens (primary N) is 1. The van der Waals surface area contributed by atoms with Crippen LogP contribution in [0.15, 0.2) is 0 Å². The van der Waals surface area contributed by atoms with E-state index in [0.717, 1.165) is 12.8 Å². The molecule has 1 atom stereocenters. The fourth-order valence-corrected chi connectivity index (χ4v) is 2.66. The number of hydrogen-bond donors (Lipinski definition) is 1. The molecule has 0 rings (SSSR count). The lowest BCUT2D eigenvalue weighted by atomic mass is 9.83. The first-order valence-electron chi connectivity index (χ1n) is 7.94. The van der Waals surface area contributed by atoms with Crippen molar-refractivity contribution < 1.29 is 4.74 Å². The van der Waals surface area contributed by atoms with Crippen molar-refractivity contribution in [2.24, 2.45) is 5.73 Å². The predicted molar refractivity (Wildman–Crippen MR) is 80.9 cm³/mol. The van der Waals surface area contributed by atoms with E-state index in [0.29, 0.717) is 6.04 Å². The molecule has 2 heteroatoms. The predicted octanol–water partition coefficient (Wildman–Crippen LogP) is 4.66. The topological polar surface area (TPSA) is 35.2 Å². The van der Waals surface area contributed by atoms with Gasteiger partial charge < -0.3 is 10.5 Å². The molecule has 0 aromatic rings. The molecule has 0 aliphatic carbocycles. The van der Waals surface area contributed by atoms with Gasteiger partial charge in [-0.3, -0.25) is 0 Å². The van der Waals surface area contributed by atoms with Gasteiger partial charge in [0.1, 0.15) is 0 Å². The third kappa shape index (κ3) is 7.38. The highest BCUT2D eigenvalue weighted by Crippen LogP contribution is 2.30. The van der Waals surface area contributed by atoms with E-state index in [1.807, 2.05) is 7.11 Å². The summed E-state index contributed by atoms with van der Waals surface area (Å²) in [5.74, 6) is 0. The smallest absolute Gasteiger partial charge is 0.0693 e. The highest BCUT2D eigenvalue weighted by atomic mass is 16.5. The molecule has 0 saturated carbocycles. The van der Waals surface area contributed by atoms with Crippen LogP contribution in [0.1, 0.15) is 85.0 Å². The van der Waals surface area contributed by atoms with Crippen molar-refractivity contribution in [3.05, 3.63) is 0 Å². The van der Waals surface area contributed by atoms with Crippen molar-refractivity contribution in [1.82, 2.24) is 0 Å². The first kappa shape index (κ1) is 17.9. The van der Waals surface area contributed by atoms with Crippen molar-refractivity contribution in [2.75, 3.05) is 7.11 Å². The third-order valence-electron chi connectivity index (χ3n) is 3.97. The number of hydrogen-bond acceptors (Lipinski definition) is 2. The van der Waals surface area contributed by atoms with Gasteiger partial charge in [0, 0.05) is 13.2 Å². The second-order valence-corrected chi connectivity index (χ2v) is 5.70. The van der Waals surface area contributed by atoms with Crippen LogP contribution in [-0.4, -0.2) is 18.8 Å². The summed E-state index contributed by atoms with van der Waals surface area (Å²) in [5, 5.41) is 0. The summed E-state index contributed by atoms with van der Waals surface area (Å²) in [7, 11) is 1.87. The van der Waals surface area contributed by atoms with Crippen LogP contribution in [0, 0.1) is 0 Å². The molecule has 2 N–H and O–H groups in total. The van der Waals surface area contributed by atoms with Gasteiger partial charge in [0.2, 0.25) is 0 Å². The summed E-state index contributed by atoms with van der Waals surface area (Å²) in [6.45, 7) is 6.72. The molecule has 0 fully saturated rings. The summed E-state index contributed by atoms with van der Waals surface area (Å²) >= 11 is 0. The quantitative estimate of drug-likeness (QED) is 0.552. The Labute approximate surface area is 115 Å². The maximum Gasteiger partial charge on any atom is 0.0693 e. The number of rotatable bonds is 12. The summed E-state index contributed by atoms with van der Waals surface area (Å²) < 4.78 is 5.91.